The molecule has 6 heteroatoms. The molecule has 0 saturated heterocycles. The number of nitrogens with one attached hydrogen (secondary N) is 1. The lowest BCUT2D eigenvalue weighted by Crippen LogP contribution is -2.30. The molecular formula is C26H25FN2O2S. The number of aliphatic imine (C=N–C) groups is 1. The Kier molecular flexibility index (Phi) is 6.61. The number of amidine groups is 1. The van der Waals surface area contributed by atoms with Gasteiger partial charge in [-0.3, -0.25) is 14.6 Å². The smallest absolute Gasteiger partial charge is 0.256 e. The topological polar surface area (TPSA) is 58.5 Å². The molecule has 4 rings (SSSR count). The summed E-state index contributed by atoms with van der Waals surface area (Å²) in [5.74, 6) is 0.468. The van der Waals surface area contributed by atoms with Gasteiger partial charge in [0.25, 0.3) is 5.91 Å². The normalized spacial score (nSPS) is 13.6. The molecule has 1 amide bonds. The fraction of sp³-hybridized carbons (Fsp3) is 0.269. The van der Waals surface area contributed by atoms with Gasteiger partial charge >= 0.3 is 0 Å². The molecule has 1 aliphatic heterocycles. The molecule has 4 nitrogen and oxygen atoms in total. The van der Waals surface area contributed by atoms with Gasteiger partial charge in [0.05, 0.1) is 6.54 Å². The molecule has 0 bridgehead atoms. The zero-order valence-electron chi connectivity index (χ0n) is 18.1. The highest BCUT2D eigenvalue weighted by Gasteiger charge is 2.23. The van der Waals surface area contributed by atoms with E-state index in [1.807, 2.05) is 24.3 Å². The van der Waals surface area contributed by atoms with Gasteiger partial charge in [-0.05, 0) is 59.7 Å². The number of nitrogens with zero attached hydrogens (tertiary/aromatic N) is 1. The number of fused-ring (bicyclic) bond motifs is 1. The van der Waals surface area contributed by atoms with Crippen LogP contribution in [0.4, 0.5) is 4.39 Å². The van der Waals surface area contributed by atoms with Crippen LogP contribution in [0.25, 0.3) is 0 Å². The number of hydrogen-bond acceptors (Lipinski definition) is 4. The second-order valence-electron chi connectivity index (χ2n) is 8.47. The van der Waals surface area contributed by atoms with E-state index in [9.17, 15) is 14.0 Å². The van der Waals surface area contributed by atoms with Crippen LogP contribution in [-0.4, -0.2) is 17.5 Å². The summed E-state index contributed by atoms with van der Waals surface area (Å²) in [5, 5.41) is 4.86. The molecule has 0 spiro atoms. The van der Waals surface area contributed by atoms with Crippen molar-refractivity contribution in [1.29, 1.82) is 0 Å². The third-order valence-corrected chi connectivity index (χ3v) is 6.60. The SMILES string of the molecule is CC(C)CC(CC(=O)c1ccc2c(c1)C(NC(=O)c1ccc(F)cc1)=NC2)c1cccs1. The number of halogens is 1. The predicted molar refractivity (Wildman–Crippen MR) is 126 cm³/mol. The summed E-state index contributed by atoms with van der Waals surface area (Å²) in [6.45, 7) is 4.80. The van der Waals surface area contributed by atoms with E-state index in [1.54, 1.807) is 11.3 Å². The van der Waals surface area contributed by atoms with Crippen LogP contribution in [0.3, 0.4) is 0 Å². The minimum Gasteiger partial charge on any atom is -0.306 e. The Labute approximate surface area is 191 Å². The van der Waals surface area contributed by atoms with E-state index >= 15 is 0 Å². The van der Waals surface area contributed by atoms with E-state index in [0.29, 0.717) is 35.8 Å². The van der Waals surface area contributed by atoms with E-state index in [4.69, 9.17) is 0 Å². The second kappa shape index (κ2) is 9.57. The van der Waals surface area contributed by atoms with Crippen molar-refractivity contribution < 1.29 is 14.0 Å². The number of carbonyl (C=O) groups excluding carboxylic acids is 2. The molecule has 1 N–H and O–H groups in total. The zero-order chi connectivity index (χ0) is 22.7. The van der Waals surface area contributed by atoms with Crippen molar-refractivity contribution in [2.45, 2.75) is 39.2 Å². The Morgan fingerprint density at radius 1 is 1.09 bits per heavy atom. The number of amides is 1. The van der Waals surface area contributed by atoms with Crippen LogP contribution < -0.4 is 5.32 Å². The summed E-state index contributed by atoms with van der Waals surface area (Å²) in [6.07, 6.45) is 1.41. The molecule has 0 saturated carbocycles. The molecule has 0 aliphatic carbocycles. The average Bonchev–Trinajstić information content (AvgIpc) is 3.43. The summed E-state index contributed by atoms with van der Waals surface area (Å²) in [6, 6.07) is 15.1. The van der Waals surface area contributed by atoms with Gasteiger partial charge in [0.1, 0.15) is 11.7 Å². The Morgan fingerprint density at radius 3 is 2.53 bits per heavy atom. The van der Waals surface area contributed by atoms with Crippen LogP contribution >= 0.6 is 11.3 Å². The third-order valence-electron chi connectivity index (χ3n) is 5.57. The fourth-order valence-corrected chi connectivity index (χ4v) is 4.82. The summed E-state index contributed by atoms with van der Waals surface area (Å²) >= 11 is 1.69. The molecule has 1 aromatic heterocycles. The van der Waals surface area contributed by atoms with Crippen molar-refractivity contribution in [3.63, 3.8) is 0 Å². The number of carbonyl (C=O) groups is 2. The Hall–Kier alpha value is -3.12. The lowest BCUT2D eigenvalue weighted by atomic mass is 9.89. The zero-order valence-corrected chi connectivity index (χ0v) is 18.9. The van der Waals surface area contributed by atoms with Crippen LogP contribution in [0.2, 0.25) is 0 Å². The maximum absolute atomic E-state index is 13.2. The lowest BCUT2D eigenvalue weighted by Gasteiger charge is -2.17. The van der Waals surface area contributed by atoms with Crippen molar-refractivity contribution >= 4 is 28.9 Å². The predicted octanol–water partition coefficient (Wildman–Crippen LogP) is 5.98. The van der Waals surface area contributed by atoms with Gasteiger partial charge in [-0.1, -0.05) is 32.0 Å². The Balaban J connectivity index is 1.50. The standard InChI is InChI=1S/C26H25FN2O2S/c1-16(2)12-20(24-4-3-11-32-24)14-23(30)18-5-6-19-15-28-25(22(19)13-18)29-26(31)17-7-9-21(27)10-8-17/h3-11,13,16,20H,12,14-15H2,1-2H3,(H,28,29,31). The van der Waals surface area contributed by atoms with Crippen molar-refractivity contribution in [3.8, 4) is 0 Å². The summed E-state index contributed by atoms with van der Waals surface area (Å²) in [5.41, 5.74) is 2.71. The quantitative estimate of drug-likeness (QED) is 0.452. The van der Waals surface area contributed by atoms with Crippen LogP contribution in [0.1, 0.15) is 69.3 Å². The number of ketones is 1. The van der Waals surface area contributed by atoms with Crippen molar-refractivity contribution in [2.75, 3.05) is 0 Å². The molecule has 1 aliphatic rings. The molecule has 164 valence electrons. The highest BCUT2D eigenvalue weighted by atomic mass is 32.1. The maximum atomic E-state index is 13.2. The van der Waals surface area contributed by atoms with Crippen LogP contribution in [0.5, 0.6) is 0 Å². The van der Waals surface area contributed by atoms with Gasteiger partial charge in [-0.25, -0.2) is 4.39 Å². The van der Waals surface area contributed by atoms with Crippen molar-refractivity contribution in [2.24, 2.45) is 10.9 Å². The van der Waals surface area contributed by atoms with E-state index in [1.165, 1.54) is 29.1 Å². The van der Waals surface area contributed by atoms with E-state index < -0.39 is 5.82 Å². The molecule has 2 aromatic carbocycles. The van der Waals surface area contributed by atoms with Gasteiger partial charge in [-0.15, -0.1) is 11.3 Å². The highest BCUT2D eigenvalue weighted by molar-refractivity contribution is 7.10. The second-order valence-corrected chi connectivity index (χ2v) is 9.45. The Bertz CT molecular complexity index is 1150. The molecule has 0 fully saturated rings. The number of benzene rings is 2. The number of hydrogen-bond donors (Lipinski definition) is 1. The van der Waals surface area contributed by atoms with Gasteiger partial charge in [0, 0.05) is 33.9 Å². The maximum Gasteiger partial charge on any atom is 0.256 e. The summed E-state index contributed by atoms with van der Waals surface area (Å²) in [4.78, 5) is 31.4. The molecule has 1 unspecified atom stereocenters. The monoisotopic (exact) mass is 448 g/mol. The molecule has 3 aromatic rings. The minimum atomic E-state index is -0.397. The van der Waals surface area contributed by atoms with Crippen molar-refractivity contribution in [1.82, 2.24) is 5.32 Å². The lowest BCUT2D eigenvalue weighted by molar-refractivity contribution is 0.0966. The van der Waals surface area contributed by atoms with Gasteiger partial charge in [0.15, 0.2) is 5.78 Å². The molecule has 0 radical (unpaired) electrons. The molecule has 2 heterocycles. The number of thiophene rings is 1. The first-order valence-corrected chi connectivity index (χ1v) is 11.6. The van der Waals surface area contributed by atoms with Gasteiger partial charge in [-0.2, -0.15) is 0 Å². The molecular weight excluding hydrogens is 423 g/mol. The largest absolute Gasteiger partial charge is 0.306 e. The van der Waals surface area contributed by atoms with Crippen LogP contribution in [0.15, 0.2) is 65.0 Å². The third kappa shape index (κ3) is 5.02. The summed E-state index contributed by atoms with van der Waals surface area (Å²) < 4.78 is 13.1. The van der Waals surface area contributed by atoms with Gasteiger partial charge < -0.3 is 5.32 Å². The van der Waals surface area contributed by atoms with E-state index in [-0.39, 0.29) is 17.6 Å². The first-order chi connectivity index (χ1) is 15.4. The Morgan fingerprint density at radius 2 is 1.84 bits per heavy atom. The highest BCUT2D eigenvalue weighted by Crippen LogP contribution is 2.32. The number of Topliss-reactive ketones (excluding diaryl/α,β-unsaturated/α-hetero) is 1. The average molecular weight is 449 g/mol. The van der Waals surface area contributed by atoms with E-state index in [2.05, 4.69) is 35.6 Å². The van der Waals surface area contributed by atoms with E-state index in [0.717, 1.165) is 17.5 Å². The summed E-state index contributed by atoms with van der Waals surface area (Å²) in [7, 11) is 0. The first kappa shape index (κ1) is 22.1. The van der Waals surface area contributed by atoms with Crippen LogP contribution in [0, 0.1) is 11.7 Å². The minimum absolute atomic E-state index is 0.0861. The molecule has 32 heavy (non-hydrogen) atoms. The van der Waals surface area contributed by atoms with Crippen LogP contribution in [-0.2, 0) is 6.54 Å². The van der Waals surface area contributed by atoms with Crippen molar-refractivity contribution in [3.05, 3.63) is 92.9 Å². The molecule has 1 atom stereocenters. The first-order valence-electron chi connectivity index (χ1n) is 10.7. The fourth-order valence-electron chi connectivity index (χ4n) is 3.98. The number of rotatable bonds is 7. The van der Waals surface area contributed by atoms with Gasteiger partial charge in [0.2, 0.25) is 0 Å².